The third-order valence-electron chi connectivity index (χ3n) is 2.55. The number of hydrogen-bond donors (Lipinski definition) is 1. The highest BCUT2D eigenvalue weighted by Gasteiger charge is 2.13. The van der Waals surface area contributed by atoms with Gasteiger partial charge in [-0.3, -0.25) is 9.69 Å². The monoisotopic (exact) mass is 271 g/mol. The number of aromatic nitrogens is 1. The number of nitrogens with zero attached hydrogens (tertiary/aromatic N) is 2. The summed E-state index contributed by atoms with van der Waals surface area (Å²) >= 11 is 1.60. The summed E-state index contributed by atoms with van der Waals surface area (Å²) in [5, 5.41) is 5.94. The van der Waals surface area contributed by atoms with E-state index in [1.54, 1.807) is 18.4 Å². The van der Waals surface area contributed by atoms with Gasteiger partial charge in [0.15, 0.2) is 0 Å². The molecule has 5 nitrogen and oxygen atoms in total. The second-order valence-electron chi connectivity index (χ2n) is 4.31. The van der Waals surface area contributed by atoms with Gasteiger partial charge in [0.25, 0.3) is 0 Å². The van der Waals surface area contributed by atoms with Crippen LogP contribution in [0.5, 0.6) is 0 Å². The van der Waals surface area contributed by atoms with Crippen LogP contribution in [0.1, 0.15) is 23.7 Å². The molecule has 0 saturated heterocycles. The molecule has 0 spiro atoms. The van der Waals surface area contributed by atoms with Crippen molar-refractivity contribution in [2.24, 2.45) is 0 Å². The lowest BCUT2D eigenvalue weighted by molar-refractivity contribution is -0.122. The Morgan fingerprint density at radius 1 is 1.67 bits per heavy atom. The smallest absolute Gasteiger partial charge is 0.234 e. The molecule has 0 radical (unpaired) electrons. The Morgan fingerprint density at radius 2 is 2.39 bits per heavy atom. The van der Waals surface area contributed by atoms with Crippen molar-refractivity contribution in [1.29, 1.82) is 0 Å². The molecule has 0 aliphatic rings. The van der Waals surface area contributed by atoms with E-state index in [1.807, 2.05) is 31.2 Å². The average molecular weight is 271 g/mol. The number of amides is 1. The van der Waals surface area contributed by atoms with Crippen molar-refractivity contribution in [3.05, 3.63) is 16.1 Å². The number of ether oxygens (including phenoxy) is 1. The molecule has 0 aliphatic carbocycles. The topological polar surface area (TPSA) is 54.5 Å². The van der Waals surface area contributed by atoms with E-state index in [0.29, 0.717) is 13.2 Å². The van der Waals surface area contributed by atoms with Gasteiger partial charge in [-0.1, -0.05) is 0 Å². The number of rotatable bonds is 7. The maximum Gasteiger partial charge on any atom is 0.234 e. The Bertz CT molecular complexity index is 381. The molecule has 1 rings (SSSR count). The first-order valence-electron chi connectivity index (χ1n) is 5.91. The Labute approximate surface area is 112 Å². The van der Waals surface area contributed by atoms with Crippen LogP contribution in [0.15, 0.2) is 5.38 Å². The summed E-state index contributed by atoms with van der Waals surface area (Å²) in [4.78, 5) is 18.1. The minimum absolute atomic E-state index is 0.00626. The predicted molar refractivity (Wildman–Crippen MR) is 72.8 cm³/mol. The molecule has 0 fully saturated rings. The molecule has 0 unspecified atom stereocenters. The van der Waals surface area contributed by atoms with Gasteiger partial charge in [0.1, 0.15) is 0 Å². The van der Waals surface area contributed by atoms with Crippen LogP contribution in [0.25, 0.3) is 0 Å². The lowest BCUT2D eigenvalue weighted by Crippen LogP contribution is -2.37. The molecule has 102 valence electrons. The van der Waals surface area contributed by atoms with Crippen molar-refractivity contribution in [3.63, 3.8) is 0 Å². The van der Waals surface area contributed by atoms with Crippen LogP contribution >= 0.6 is 11.3 Å². The van der Waals surface area contributed by atoms with Gasteiger partial charge in [-0.15, -0.1) is 11.3 Å². The van der Waals surface area contributed by atoms with Gasteiger partial charge in [-0.25, -0.2) is 4.98 Å². The summed E-state index contributed by atoms with van der Waals surface area (Å²) in [6, 6.07) is -0.0433. The standard InChI is InChI=1S/C12H21N3O2S/c1-9(11-8-18-10(2)14-11)13-12(16)7-15(3)5-6-17-4/h8-9H,5-7H2,1-4H3,(H,13,16)/t9-/m1/s1. The summed E-state index contributed by atoms with van der Waals surface area (Å²) in [7, 11) is 3.55. The molecule has 1 atom stereocenters. The number of carbonyl (C=O) groups is 1. The van der Waals surface area contributed by atoms with Crippen LogP contribution in [0.3, 0.4) is 0 Å². The first-order chi connectivity index (χ1) is 8.52. The summed E-state index contributed by atoms with van der Waals surface area (Å²) in [5.74, 6) is 0.00626. The number of likely N-dealkylation sites (N-methyl/N-ethyl adjacent to an activating group) is 1. The molecule has 1 aromatic heterocycles. The molecule has 18 heavy (non-hydrogen) atoms. The highest BCUT2D eigenvalue weighted by Crippen LogP contribution is 2.15. The number of thiazole rings is 1. The number of nitrogens with one attached hydrogen (secondary N) is 1. The van der Waals surface area contributed by atoms with E-state index in [9.17, 15) is 4.79 Å². The normalized spacial score (nSPS) is 12.7. The zero-order valence-electron chi connectivity index (χ0n) is 11.4. The average Bonchev–Trinajstić information content (AvgIpc) is 2.73. The number of carbonyl (C=O) groups excluding carboxylic acids is 1. The van der Waals surface area contributed by atoms with E-state index in [4.69, 9.17) is 4.74 Å². The van der Waals surface area contributed by atoms with Gasteiger partial charge in [-0.2, -0.15) is 0 Å². The van der Waals surface area contributed by atoms with E-state index >= 15 is 0 Å². The second kappa shape index (κ2) is 7.45. The van der Waals surface area contributed by atoms with E-state index in [2.05, 4.69) is 10.3 Å². The zero-order chi connectivity index (χ0) is 13.5. The fraction of sp³-hybridized carbons (Fsp3) is 0.667. The van der Waals surface area contributed by atoms with Gasteiger partial charge >= 0.3 is 0 Å². The Morgan fingerprint density at radius 3 is 2.94 bits per heavy atom. The SMILES string of the molecule is COCCN(C)CC(=O)N[C@H](C)c1csc(C)n1. The molecule has 1 amide bonds. The quantitative estimate of drug-likeness (QED) is 0.810. The van der Waals surface area contributed by atoms with Gasteiger partial charge in [-0.05, 0) is 20.9 Å². The van der Waals surface area contributed by atoms with Crippen LogP contribution in [-0.2, 0) is 9.53 Å². The van der Waals surface area contributed by atoms with Gasteiger partial charge < -0.3 is 10.1 Å². The summed E-state index contributed by atoms with van der Waals surface area (Å²) < 4.78 is 4.97. The third-order valence-corrected chi connectivity index (χ3v) is 3.34. The van der Waals surface area contributed by atoms with Crippen LogP contribution < -0.4 is 5.32 Å². The van der Waals surface area contributed by atoms with Crippen molar-refractivity contribution in [2.45, 2.75) is 19.9 Å². The van der Waals surface area contributed by atoms with Gasteiger partial charge in [0.05, 0.1) is 29.9 Å². The van der Waals surface area contributed by atoms with Crippen molar-refractivity contribution >= 4 is 17.2 Å². The minimum Gasteiger partial charge on any atom is -0.383 e. The molecule has 1 aromatic rings. The molecule has 1 N–H and O–H groups in total. The fourth-order valence-corrected chi connectivity index (χ4v) is 2.22. The van der Waals surface area contributed by atoms with Crippen molar-refractivity contribution in [1.82, 2.24) is 15.2 Å². The van der Waals surface area contributed by atoms with Gasteiger partial charge in [0.2, 0.25) is 5.91 Å². The molecule has 6 heteroatoms. The van der Waals surface area contributed by atoms with E-state index < -0.39 is 0 Å². The maximum absolute atomic E-state index is 11.8. The van der Waals surface area contributed by atoms with E-state index in [1.165, 1.54) is 0 Å². The molecule has 0 saturated carbocycles. The Hall–Kier alpha value is -0.980. The number of methoxy groups -OCH3 is 1. The first-order valence-corrected chi connectivity index (χ1v) is 6.79. The van der Waals surface area contributed by atoms with E-state index in [-0.39, 0.29) is 11.9 Å². The Balaban J connectivity index is 2.35. The second-order valence-corrected chi connectivity index (χ2v) is 5.37. The fourth-order valence-electron chi connectivity index (χ4n) is 1.51. The van der Waals surface area contributed by atoms with Crippen LogP contribution in [0.2, 0.25) is 0 Å². The van der Waals surface area contributed by atoms with Gasteiger partial charge in [0, 0.05) is 19.0 Å². The molecular weight excluding hydrogens is 250 g/mol. The highest BCUT2D eigenvalue weighted by atomic mass is 32.1. The number of aryl methyl sites for hydroxylation is 1. The molecule has 0 aliphatic heterocycles. The summed E-state index contributed by atoms with van der Waals surface area (Å²) in [6.45, 7) is 5.65. The van der Waals surface area contributed by atoms with Crippen LogP contribution in [0, 0.1) is 6.92 Å². The first kappa shape index (κ1) is 15.1. The van der Waals surface area contributed by atoms with Crippen LogP contribution in [0.4, 0.5) is 0 Å². The van der Waals surface area contributed by atoms with Crippen molar-refractivity contribution in [2.75, 3.05) is 33.9 Å². The number of hydrogen-bond acceptors (Lipinski definition) is 5. The summed E-state index contributed by atoms with van der Waals surface area (Å²) in [6.07, 6.45) is 0. The maximum atomic E-state index is 11.8. The molecule has 1 heterocycles. The van der Waals surface area contributed by atoms with Crippen molar-refractivity contribution in [3.8, 4) is 0 Å². The lowest BCUT2D eigenvalue weighted by Gasteiger charge is -2.17. The Kier molecular flexibility index (Phi) is 6.24. The summed E-state index contributed by atoms with van der Waals surface area (Å²) in [5.41, 5.74) is 0.922. The lowest BCUT2D eigenvalue weighted by atomic mass is 10.2. The van der Waals surface area contributed by atoms with Crippen LogP contribution in [-0.4, -0.2) is 49.6 Å². The van der Waals surface area contributed by atoms with E-state index in [0.717, 1.165) is 17.2 Å². The molecule has 0 aromatic carbocycles. The minimum atomic E-state index is -0.0433. The third kappa shape index (κ3) is 5.12. The predicted octanol–water partition coefficient (Wildman–Crippen LogP) is 1.21. The highest BCUT2D eigenvalue weighted by molar-refractivity contribution is 7.09. The largest absolute Gasteiger partial charge is 0.383 e. The zero-order valence-corrected chi connectivity index (χ0v) is 12.2. The van der Waals surface area contributed by atoms with Crippen molar-refractivity contribution < 1.29 is 9.53 Å². The molecular formula is C12H21N3O2S. The molecule has 0 bridgehead atoms.